The minimum atomic E-state index is -0.799. The normalized spacial score (nSPS) is 19.5. The van der Waals surface area contributed by atoms with Gasteiger partial charge in [-0.1, -0.05) is 31.5 Å². The first-order valence-corrected chi connectivity index (χ1v) is 14.5. The number of anilines is 1. The molecule has 0 aromatic heterocycles. The first kappa shape index (κ1) is 29.0. The molecular weight excluding hydrogens is 532 g/mol. The molecule has 5 rings (SSSR count). The van der Waals surface area contributed by atoms with Crippen LogP contribution in [0, 0.1) is 16.7 Å². The van der Waals surface area contributed by atoms with Gasteiger partial charge in [0.05, 0.1) is 17.3 Å². The van der Waals surface area contributed by atoms with Crippen molar-refractivity contribution in [2.75, 3.05) is 18.0 Å². The molecule has 1 unspecified atom stereocenters. The molecule has 0 spiro atoms. The Kier molecular flexibility index (Phi) is 7.87. The Balaban J connectivity index is 1.34. The smallest absolute Gasteiger partial charge is 0.259 e. The van der Waals surface area contributed by atoms with Gasteiger partial charge in [-0.3, -0.25) is 34.4 Å². The van der Waals surface area contributed by atoms with Gasteiger partial charge in [0.15, 0.2) is 0 Å². The highest BCUT2D eigenvalue weighted by Crippen LogP contribution is 2.47. The van der Waals surface area contributed by atoms with Gasteiger partial charge in [0.25, 0.3) is 5.91 Å². The van der Waals surface area contributed by atoms with Gasteiger partial charge >= 0.3 is 0 Å². The van der Waals surface area contributed by atoms with Crippen LogP contribution in [0.3, 0.4) is 0 Å². The number of amides is 4. The highest BCUT2D eigenvalue weighted by Gasteiger charge is 2.53. The third kappa shape index (κ3) is 5.15. The number of rotatable bonds is 10. The summed E-state index contributed by atoms with van der Waals surface area (Å²) in [4.78, 5) is 58.2. The van der Waals surface area contributed by atoms with Crippen LogP contribution in [0.4, 0.5) is 5.69 Å². The van der Waals surface area contributed by atoms with Gasteiger partial charge in [-0.15, -0.1) is 0 Å². The lowest BCUT2D eigenvalue weighted by Gasteiger charge is -2.37. The van der Waals surface area contributed by atoms with E-state index in [0.29, 0.717) is 75.7 Å². The number of carbonyl (C=O) groups is 4. The molecule has 1 atom stereocenters. The number of allylic oxidation sites excluding steroid dienone is 1. The molecule has 2 heterocycles. The first-order chi connectivity index (χ1) is 20.2. The SMILES string of the molecule is CCCC(C(=O)NC=O)N1C(=O)c2cccc3c(C/C(C=NC4(C)CCN(C(=O)C5(C#N)CC5)CC4)=C/N)ccc1c23. The molecule has 2 aromatic carbocycles. The van der Waals surface area contributed by atoms with Crippen LogP contribution in [0.1, 0.15) is 68.3 Å². The van der Waals surface area contributed by atoms with Crippen LogP contribution >= 0.6 is 0 Å². The highest BCUT2D eigenvalue weighted by atomic mass is 16.2. The van der Waals surface area contributed by atoms with Crippen molar-refractivity contribution >= 4 is 46.8 Å². The quantitative estimate of drug-likeness (QED) is 0.332. The second-order valence-corrected chi connectivity index (χ2v) is 11.7. The fourth-order valence-corrected chi connectivity index (χ4v) is 6.06. The second kappa shape index (κ2) is 11.4. The standard InChI is InChI=1S/C32H36N6O4/c1-3-5-26(28(40)35-20-39)38-25-9-8-22(23-6-4-7-24(27(23)25)29(38)41)16-21(17-33)18-36-31(2)12-14-37(15-13-31)30(42)32(19-34)10-11-32/h4,6-9,17-18,20,26H,3,5,10-16,33H2,1-2H3,(H,35,39,40)/b21-17-,36-18?. The highest BCUT2D eigenvalue weighted by molar-refractivity contribution is 6.27. The number of nitriles is 1. The number of benzene rings is 2. The van der Waals surface area contributed by atoms with Gasteiger partial charge in [-0.05, 0) is 73.9 Å². The molecule has 42 heavy (non-hydrogen) atoms. The number of carbonyl (C=O) groups excluding carboxylic acids is 4. The summed E-state index contributed by atoms with van der Waals surface area (Å²) in [5, 5.41) is 13.3. The van der Waals surface area contributed by atoms with Crippen LogP contribution in [-0.4, -0.2) is 59.9 Å². The molecule has 4 amide bonds. The molecule has 10 nitrogen and oxygen atoms in total. The fourth-order valence-electron chi connectivity index (χ4n) is 6.06. The van der Waals surface area contributed by atoms with Crippen LogP contribution < -0.4 is 16.0 Å². The molecule has 2 aromatic rings. The maximum Gasteiger partial charge on any atom is 0.259 e. The molecular formula is C32H36N6O4. The molecule has 3 aliphatic rings. The van der Waals surface area contributed by atoms with Gasteiger partial charge in [0.2, 0.25) is 18.2 Å². The van der Waals surface area contributed by atoms with Crippen LogP contribution in [0.5, 0.6) is 0 Å². The minimum absolute atomic E-state index is 0.0481. The van der Waals surface area contributed by atoms with Crippen molar-refractivity contribution in [3.8, 4) is 6.07 Å². The summed E-state index contributed by atoms with van der Waals surface area (Å²) in [5.74, 6) is -0.813. The monoisotopic (exact) mass is 568 g/mol. The lowest BCUT2D eigenvalue weighted by molar-refractivity contribution is -0.136. The Morgan fingerprint density at radius 2 is 1.93 bits per heavy atom. The average molecular weight is 569 g/mol. The van der Waals surface area contributed by atoms with Crippen molar-refractivity contribution in [2.24, 2.45) is 16.1 Å². The predicted molar refractivity (Wildman–Crippen MR) is 160 cm³/mol. The van der Waals surface area contributed by atoms with E-state index >= 15 is 0 Å². The van der Waals surface area contributed by atoms with Crippen LogP contribution in [0.2, 0.25) is 0 Å². The number of hydrogen-bond donors (Lipinski definition) is 2. The summed E-state index contributed by atoms with van der Waals surface area (Å²) in [7, 11) is 0. The van der Waals surface area contributed by atoms with Crippen LogP contribution in [-0.2, 0) is 20.8 Å². The summed E-state index contributed by atoms with van der Waals surface area (Å²) < 4.78 is 0. The number of piperidine rings is 1. The number of aliphatic imine (C=N–C) groups is 1. The summed E-state index contributed by atoms with van der Waals surface area (Å²) in [6, 6.07) is 10.8. The second-order valence-electron chi connectivity index (χ2n) is 11.7. The molecule has 2 aliphatic heterocycles. The van der Waals surface area contributed by atoms with Crippen molar-refractivity contribution in [1.82, 2.24) is 10.2 Å². The fraction of sp³-hybridized carbons (Fsp3) is 0.438. The van der Waals surface area contributed by atoms with E-state index in [1.807, 2.05) is 31.2 Å². The zero-order valence-corrected chi connectivity index (χ0v) is 24.1. The molecule has 1 aliphatic carbocycles. The van der Waals surface area contributed by atoms with Gasteiger partial charge in [-0.2, -0.15) is 5.26 Å². The zero-order valence-electron chi connectivity index (χ0n) is 24.1. The van der Waals surface area contributed by atoms with Gasteiger partial charge in [-0.25, -0.2) is 0 Å². The molecule has 218 valence electrons. The molecule has 1 saturated heterocycles. The number of nitrogens with one attached hydrogen (secondary N) is 1. The topological polar surface area (TPSA) is 149 Å². The molecule has 3 N–H and O–H groups in total. The first-order valence-electron chi connectivity index (χ1n) is 14.5. The largest absolute Gasteiger partial charge is 0.404 e. The third-order valence-corrected chi connectivity index (χ3v) is 8.85. The number of likely N-dealkylation sites (tertiary alicyclic amines) is 1. The van der Waals surface area contributed by atoms with Crippen LogP contribution in [0.25, 0.3) is 10.8 Å². The van der Waals surface area contributed by atoms with Gasteiger partial charge < -0.3 is 10.6 Å². The van der Waals surface area contributed by atoms with Gasteiger partial charge in [0.1, 0.15) is 11.5 Å². The van der Waals surface area contributed by atoms with Crippen molar-refractivity contribution < 1.29 is 19.2 Å². The van der Waals surface area contributed by atoms with Gasteiger partial charge in [0, 0.05) is 36.7 Å². The Morgan fingerprint density at radius 3 is 2.55 bits per heavy atom. The molecule has 2 fully saturated rings. The number of imide groups is 1. The summed E-state index contributed by atoms with van der Waals surface area (Å²) in [6.45, 7) is 5.14. The lowest BCUT2D eigenvalue weighted by atomic mass is 9.89. The van der Waals surface area contributed by atoms with Crippen molar-refractivity contribution in [3.63, 3.8) is 0 Å². The summed E-state index contributed by atoms with van der Waals surface area (Å²) >= 11 is 0. The van der Waals surface area contributed by atoms with E-state index in [2.05, 4.69) is 18.3 Å². The number of hydrogen-bond acceptors (Lipinski definition) is 7. The van der Waals surface area contributed by atoms with E-state index in [1.165, 1.54) is 11.1 Å². The van der Waals surface area contributed by atoms with E-state index in [-0.39, 0.29) is 17.4 Å². The Bertz CT molecular complexity index is 1540. The molecule has 1 saturated carbocycles. The Labute approximate surface area is 245 Å². The Hall–Kier alpha value is -4.52. The number of nitrogens with zero attached hydrogens (tertiary/aromatic N) is 4. The molecule has 0 radical (unpaired) electrons. The zero-order chi connectivity index (χ0) is 30.1. The van der Waals surface area contributed by atoms with Crippen molar-refractivity contribution in [2.45, 2.75) is 70.4 Å². The molecule has 10 heteroatoms. The van der Waals surface area contributed by atoms with E-state index in [0.717, 1.165) is 21.9 Å². The summed E-state index contributed by atoms with van der Waals surface area (Å²) in [5.41, 5.74) is 7.84. The average Bonchev–Trinajstić information content (AvgIpc) is 3.75. The van der Waals surface area contributed by atoms with E-state index in [1.54, 1.807) is 17.2 Å². The van der Waals surface area contributed by atoms with Crippen molar-refractivity contribution in [3.05, 3.63) is 53.2 Å². The minimum Gasteiger partial charge on any atom is -0.404 e. The predicted octanol–water partition coefficient (Wildman–Crippen LogP) is 3.38. The number of nitrogens with two attached hydrogens (primary N) is 1. The summed E-state index contributed by atoms with van der Waals surface area (Å²) in [6.07, 6.45) is 7.96. The van der Waals surface area contributed by atoms with E-state index in [4.69, 9.17) is 10.7 Å². The maximum atomic E-state index is 13.5. The third-order valence-electron chi connectivity index (χ3n) is 8.85. The molecule has 0 bridgehead atoms. The van der Waals surface area contributed by atoms with Crippen LogP contribution in [0.15, 0.2) is 47.1 Å². The van der Waals surface area contributed by atoms with E-state index in [9.17, 15) is 24.4 Å². The van der Waals surface area contributed by atoms with Crippen molar-refractivity contribution in [1.29, 1.82) is 5.26 Å². The Morgan fingerprint density at radius 1 is 1.19 bits per heavy atom. The lowest BCUT2D eigenvalue weighted by Crippen LogP contribution is -2.48. The van der Waals surface area contributed by atoms with E-state index < -0.39 is 17.4 Å². The maximum absolute atomic E-state index is 13.5.